The molecule has 1 rings (SSSR count). The summed E-state index contributed by atoms with van der Waals surface area (Å²) in [5.74, 6) is 0. The standard InChI is InChI=1S/C14H27N3S/c1-10(2)17(11(3)4)8-7-15-9-14-16-12(5)13(6)18-14/h10-11,15H,7-9H2,1-6H3. The number of aryl methyl sites for hydroxylation is 2. The maximum Gasteiger partial charge on any atom is 0.107 e. The van der Waals surface area contributed by atoms with Crippen LogP contribution in [-0.4, -0.2) is 35.1 Å². The molecule has 0 aliphatic rings. The predicted molar refractivity (Wildman–Crippen MR) is 80.3 cm³/mol. The van der Waals surface area contributed by atoms with E-state index in [-0.39, 0.29) is 0 Å². The lowest BCUT2D eigenvalue weighted by atomic mass is 10.2. The van der Waals surface area contributed by atoms with Crippen LogP contribution in [0.4, 0.5) is 0 Å². The lowest BCUT2D eigenvalue weighted by Gasteiger charge is -2.30. The summed E-state index contributed by atoms with van der Waals surface area (Å²) in [6.07, 6.45) is 0. The minimum Gasteiger partial charge on any atom is -0.309 e. The largest absolute Gasteiger partial charge is 0.309 e. The molecule has 0 bridgehead atoms. The van der Waals surface area contributed by atoms with Gasteiger partial charge in [0, 0.05) is 36.6 Å². The summed E-state index contributed by atoms with van der Waals surface area (Å²) in [5, 5.41) is 4.69. The second kappa shape index (κ2) is 7.22. The van der Waals surface area contributed by atoms with Gasteiger partial charge in [-0.3, -0.25) is 4.90 Å². The van der Waals surface area contributed by atoms with Crippen LogP contribution in [0, 0.1) is 13.8 Å². The van der Waals surface area contributed by atoms with Crippen molar-refractivity contribution in [2.45, 2.75) is 60.2 Å². The summed E-state index contributed by atoms with van der Waals surface area (Å²) in [6.45, 7) is 16.3. The normalized spacial score (nSPS) is 12.1. The molecule has 0 aliphatic carbocycles. The van der Waals surface area contributed by atoms with E-state index in [2.05, 4.69) is 56.7 Å². The number of hydrogen-bond acceptors (Lipinski definition) is 4. The summed E-state index contributed by atoms with van der Waals surface area (Å²) >= 11 is 1.80. The van der Waals surface area contributed by atoms with Gasteiger partial charge in [-0.1, -0.05) is 0 Å². The summed E-state index contributed by atoms with van der Waals surface area (Å²) < 4.78 is 0. The highest BCUT2D eigenvalue weighted by molar-refractivity contribution is 7.11. The summed E-state index contributed by atoms with van der Waals surface area (Å²) in [5.41, 5.74) is 1.17. The van der Waals surface area contributed by atoms with Crippen molar-refractivity contribution in [3.05, 3.63) is 15.6 Å². The first-order chi connectivity index (χ1) is 8.41. The molecule has 0 unspecified atom stereocenters. The zero-order valence-electron chi connectivity index (χ0n) is 12.6. The highest BCUT2D eigenvalue weighted by Crippen LogP contribution is 2.15. The maximum absolute atomic E-state index is 4.54. The summed E-state index contributed by atoms with van der Waals surface area (Å²) in [4.78, 5) is 8.38. The molecule has 1 aromatic heterocycles. The lowest BCUT2D eigenvalue weighted by Crippen LogP contribution is -2.41. The molecule has 0 radical (unpaired) electrons. The predicted octanol–water partition coefficient (Wildman–Crippen LogP) is 2.97. The van der Waals surface area contributed by atoms with Crippen molar-refractivity contribution in [3.63, 3.8) is 0 Å². The molecular weight excluding hydrogens is 242 g/mol. The Bertz CT molecular complexity index is 330. The van der Waals surface area contributed by atoms with Gasteiger partial charge < -0.3 is 5.32 Å². The van der Waals surface area contributed by atoms with Crippen LogP contribution < -0.4 is 5.32 Å². The van der Waals surface area contributed by atoms with Crippen molar-refractivity contribution in [1.82, 2.24) is 15.2 Å². The zero-order valence-corrected chi connectivity index (χ0v) is 13.4. The second-order valence-corrected chi connectivity index (χ2v) is 6.64. The van der Waals surface area contributed by atoms with Crippen LogP contribution in [0.3, 0.4) is 0 Å². The van der Waals surface area contributed by atoms with E-state index in [4.69, 9.17) is 0 Å². The van der Waals surface area contributed by atoms with Crippen molar-refractivity contribution in [3.8, 4) is 0 Å². The number of nitrogens with one attached hydrogen (secondary N) is 1. The van der Waals surface area contributed by atoms with Crippen molar-refractivity contribution in [2.24, 2.45) is 0 Å². The zero-order chi connectivity index (χ0) is 13.7. The van der Waals surface area contributed by atoms with Gasteiger partial charge >= 0.3 is 0 Å². The molecule has 1 N–H and O–H groups in total. The SMILES string of the molecule is Cc1nc(CNCCN(C(C)C)C(C)C)sc1C. The van der Waals surface area contributed by atoms with Gasteiger partial charge in [0.25, 0.3) is 0 Å². The molecule has 0 atom stereocenters. The topological polar surface area (TPSA) is 28.2 Å². The fraction of sp³-hybridized carbons (Fsp3) is 0.786. The average Bonchev–Trinajstić information content (AvgIpc) is 2.57. The van der Waals surface area contributed by atoms with Gasteiger partial charge in [-0.2, -0.15) is 0 Å². The van der Waals surface area contributed by atoms with Crippen molar-refractivity contribution < 1.29 is 0 Å². The van der Waals surface area contributed by atoms with Crippen LogP contribution in [0.2, 0.25) is 0 Å². The molecule has 1 aromatic rings. The Kier molecular flexibility index (Phi) is 6.26. The number of rotatable bonds is 7. The molecule has 104 valence electrons. The van der Waals surface area contributed by atoms with Gasteiger partial charge in [-0.15, -0.1) is 11.3 Å². The number of aromatic nitrogens is 1. The van der Waals surface area contributed by atoms with Gasteiger partial charge in [0.15, 0.2) is 0 Å². The third kappa shape index (κ3) is 4.67. The Morgan fingerprint density at radius 3 is 2.22 bits per heavy atom. The molecule has 1 heterocycles. The summed E-state index contributed by atoms with van der Waals surface area (Å²) in [6, 6.07) is 1.22. The van der Waals surface area contributed by atoms with Gasteiger partial charge in [-0.25, -0.2) is 4.98 Å². The minimum absolute atomic E-state index is 0.608. The molecule has 18 heavy (non-hydrogen) atoms. The number of nitrogens with zero attached hydrogens (tertiary/aromatic N) is 2. The van der Waals surface area contributed by atoms with Gasteiger partial charge in [0.2, 0.25) is 0 Å². The molecule has 0 spiro atoms. The van der Waals surface area contributed by atoms with Crippen LogP contribution in [0.1, 0.15) is 43.3 Å². The molecule has 4 heteroatoms. The third-order valence-corrected chi connectivity index (χ3v) is 4.30. The van der Waals surface area contributed by atoms with Crippen molar-refractivity contribution in [1.29, 1.82) is 0 Å². The molecule has 0 saturated heterocycles. The van der Waals surface area contributed by atoms with Crippen molar-refractivity contribution >= 4 is 11.3 Å². The monoisotopic (exact) mass is 269 g/mol. The number of thiazole rings is 1. The van der Waals surface area contributed by atoms with E-state index < -0.39 is 0 Å². The van der Waals surface area contributed by atoms with E-state index in [9.17, 15) is 0 Å². The first-order valence-corrected chi connectivity index (χ1v) is 7.62. The lowest BCUT2D eigenvalue weighted by molar-refractivity contribution is 0.176. The van der Waals surface area contributed by atoms with Crippen LogP contribution in [-0.2, 0) is 6.54 Å². The number of hydrogen-bond donors (Lipinski definition) is 1. The summed E-state index contributed by atoms with van der Waals surface area (Å²) in [7, 11) is 0. The molecule has 3 nitrogen and oxygen atoms in total. The van der Waals surface area contributed by atoms with Gasteiger partial charge in [0.1, 0.15) is 5.01 Å². The average molecular weight is 269 g/mol. The van der Waals surface area contributed by atoms with Crippen LogP contribution in [0.15, 0.2) is 0 Å². The fourth-order valence-corrected chi connectivity index (χ4v) is 3.03. The van der Waals surface area contributed by atoms with E-state index in [0.29, 0.717) is 12.1 Å². The first-order valence-electron chi connectivity index (χ1n) is 6.81. The van der Waals surface area contributed by atoms with E-state index in [1.165, 1.54) is 15.6 Å². The maximum atomic E-state index is 4.54. The Morgan fingerprint density at radius 1 is 1.17 bits per heavy atom. The Morgan fingerprint density at radius 2 is 1.78 bits per heavy atom. The fourth-order valence-electron chi connectivity index (χ4n) is 2.13. The highest BCUT2D eigenvalue weighted by atomic mass is 32.1. The molecule has 0 saturated carbocycles. The van der Waals surface area contributed by atoms with E-state index in [0.717, 1.165) is 19.6 Å². The van der Waals surface area contributed by atoms with Crippen molar-refractivity contribution in [2.75, 3.05) is 13.1 Å². The van der Waals surface area contributed by atoms with Gasteiger partial charge in [0.05, 0.1) is 5.69 Å². The van der Waals surface area contributed by atoms with E-state index in [1.807, 2.05) is 0 Å². The minimum atomic E-state index is 0.608. The third-order valence-electron chi connectivity index (χ3n) is 3.22. The first kappa shape index (κ1) is 15.6. The van der Waals surface area contributed by atoms with Crippen LogP contribution >= 0.6 is 11.3 Å². The van der Waals surface area contributed by atoms with Crippen LogP contribution in [0.5, 0.6) is 0 Å². The highest BCUT2D eigenvalue weighted by Gasteiger charge is 2.12. The smallest absolute Gasteiger partial charge is 0.107 e. The molecular formula is C14H27N3S. The Labute approximate surface area is 116 Å². The van der Waals surface area contributed by atoms with Crippen LogP contribution in [0.25, 0.3) is 0 Å². The molecule has 0 amide bonds. The molecule has 0 aromatic carbocycles. The quantitative estimate of drug-likeness (QED) is 0.771. The molecule has 0 aliphatic heterocycles. The van der Waals surface area contributed by atoms with E-state index in [1.54, 1.807) is 11.3 Å². The molecule has 0 fully saturated rings. The Balaban J connectivity index is 2.29. The Hall–Kier alpha value is -0.450. The van der Waals surface area contributed by atoms with E-state index >= 15 is 0 Å². The van der Waals surface area contributed by atoms with Gasteiger partial charge in [-0.05, 0) is 41.5 Å². The second-order valence-electron chi connectivity index (χ2n) is 5.35.